The van der Waals surface area contributed by atoms with Gasteiger partial charge in [-0.05, 0) is 54.7 Å². The largest absolute Gasteiger partial charge is 0.478 e. The highest BCUT2D eigenvalue weighted by atomic mass is 35.5. The lowest BCUT2D eigenvalue weighted by Gasteiger charge is -2.25. The summed E-state index contributed by atoms with van der Waals surface area (Å²) in [5.41, 5.74) is 1.39. The fourth-order valence-corrected chi connectivity index (χ4v) is 4.11. The van der Waals surface area contributed by atoms with Crippen molar-refractivity contribution in [3.05, 3.63) is 76.8 Å². The monoisotopic (exact) mass is 443 g/mol. The summed E-state index contributed by atoms with van der Waals surface area (Å²) in [7, 11) is 0. The predicted octanol–water partition coefficient (Wildman–Crippen LogP) is 3.66. The molecule has 3 aromatic rings. The number of carboxylic acids is 1. The van der Waals surface area contributed by atoms with E-state index < -0.39 is 5.97 Å². The van der Waals surface area contributed by atoms with E-state index in [2.05, 4.69) is 10.3 Å². The van der Waals surface area contributed by atoms with Gasteiger partial charge in [-0.2, -0.15) is 0 Å². The number of nitrogens with one attached hydrogen (secondary N) is 1. The lowest BCUT2D eigenvalue weighted by atomic mass is 10.0. The first kappa shape index (κ1) is 20.3. The van der Waals surface area contributed by atoms with Crippen molar-refractivity contribution in [2.24, 2.45) is 0 Å². The zero-order chi connectivity index (χ0) is 21.3. The molecular weight excluding hydrogens is 426 g/mol. The molecule has 1 saturated heterocycles. The van der Waals surface area contributed by atoms with Crippen LogP contribution < -0.4 is 5.32 Å². The molecule has 4 rings (SSSR count). The van der Waals surface area contributed by atoms with Gasteiger partial charge in [-0.1, -0.05) is 17.7 Å². The summed E-state index contributed by atoms with van der Waals surface area (Å²) in [6.07, 6.45) is 1.70. The molecule has 0 amide bonds. The molecule has 30 heavy (non-hydrogen) atoms. The average molecular weight is 444 g/mol. The molecule has 1 aliphatic rings. The number of rotatable bonds is 6. The van der Waals surface area contributed by atoms with Gasteiger partial charge in [0.2, 0.25) is 0 Å². The highest BCUT2D eigenvalue weighted by Crippen LogP contribution is 2.41. The Kier molecular flexibility index (Phi) is 5.72. The predicted molar refractivity (Wildman–Crippen MR) is 115 cm³/mol. The Labute approximate surface area is 182 Å². The highest BCUT2D eigenvalue weighted by molar-refractivity contribution is 7.80. The summed E-state index contributed by atoms with van der Waals surface area (Å²) in [6.45, 7) is 0.248. The number of carboxylic acid groups (broad SMARTS) is 1. The van der Waals surface area contributed by atoms with Gasteiger partial charge in [0.15, 0.2) is 5.11 Å². The summed E-state index contributed by atoms with van der Waals surface area (Å²) < 4.78 is 6.12. The summed E-state index contributed by atoms with van der Waals surface area (Å²) in [5, 5.41) is 22.9. The molecule has 9 heteroatoms. The Hall–Kier alpha value is -2.94. The number of nitrogens with zero attached hydrogens (tertiary/aromatic N) is 2. The molecule has 154 valence electrons. The molecule has 7 nitrogen and oxygen atoms in total. The van der Waals surface area contributed by atoms with E-state index in [1.807, 2.05) is 23.1 Å². The number of aromatic carboxylic acids is 1. The van der Waals surface area contributed by atoms with Crippen LogP contribution in [0.1, 0.15) is 33.9 Å². The molecule has 0 unspecified atom stereocenters. The number of benzene rings is 1. The Morgan fingerprint density at radius 3 is 2.80 bits per heavy atom. The number of hydrogen-bond acceptors (Lipinski definition) is 5. The van der Waals surface area contributed by atoms with Crippen LogP contribution in [0.4, 0.5) is 0 Å². The smallest absolute Gasteiger partial charge is 0.335 e. The second-order valence-corrected chi connectivity index (χ2v) is 7.54. The Morgan fingerprint density at radius 2 is 2.10 bits per heavy atom. The zero-order valence-corrected chi connectivity index (χ0v) is 17.2. The Morgan fingerprint density at radius 1 is 1.27 bits per heavy atom. The van der Waals surface area contributed by atoms with Gasteiger partial charge in [0.25, 0.3) is 0 Å². The number of aliphatic hydroxyl groups excluding tert-OH is 1. The molecule has 1 aromatic carbocycles. The van der Waals surface area contributed by atoms with E-state index in [0.29, 0.717) is 33.8 Å². The maximum absolute atomic E-state index is 11.3. The molecule has 2 atom stereocenters. The number of halogens is 1. The van der Waals surface area contributed by atoms with Crippen LogP contribution in [-0.2, 0) is 0 Å². The molecule has 1 aliphatic heterocycles. The standard InChI is InChI=1S/C21H18ClN3O4S/c22-14-5-4-12(20(27)28)11-13(14)16-6-7-17(29-16)19-18(15-3-1-2-8-23-15)24-21(30)25(19)9-10-26/h1-8,11,18-19,26H,9-10H2,(H,24,30)(H,27,28)/t18-,19-/m1/s1. The number of thiocarbonyl (C=S) groups is 1. The second-order valence-electron chi connectivity index (χ2n) is 6.75. The maximum Gasteiger partial charge on any atom is 0.335 e. The van der Waals surface area contributed by atoms with Crippen LogP contribution in [0, 0.1) is 0 Å². The van der Waals surface area contributed by atoms with E-state index in [9.17, 15) is 15.0 Å². The molecule has 0 radical (unpaired) electrons. The maximum atomic E-state index is 11.3. The summed E-state index contributed by atoms with van der Waals surface area (Å²) in [4.78, 5) is 17.6. The summed E-state index contributed by atoms with van der Waals surface area (Å²) in [5.74, 6) is -0.00717. The normalized spacial score (nSPS) is 18.5. The molecule has 3 heterocycles. The second kappa shape index (κ2) is 8.43. The quantitative estimate of drug-likeness (QED) is 0.496. The van der Waals surface area contributed by atoms with Crippen LogP contribution in [0.5, 0.6) is 0 Å². The van der Waals surface area contributed by atoms with E-state index in [-0.39, 0.29) is 24.3 Å². The van der Waals surface area contributed by atoms with Crippen molar-refractivity contribution in [1.82, 2.24) is 15.2 Å². The van der Waals surface area contributed by atoms with Crippen LogP contribution in [0.2, 0.25) is 5.02 Å². The third kappa shape index (κ3) is 3.77. The minimum Gasteiger partial charge on any atom is -0.478 e. The molecular formula is C21H18ClN3O4S. The van der Waals surface area contributed by atoms with E-state index in [1.165, 1.54) is 18.2 Å². The molecule has 0 spiro atoms. The number of furan rings is 1. The number of aliphatic hydroxyl groups is 1. The van der Waals surface area contributed by atoms with E-state index >= 15 is 0 Å². The topological polar surface area (TPSA) is 98.8 Å². The van der Waals surface area contributed by atoms with Crippen LogP contribution in [0.25, 0.3) is 11.3 Å². The van der Waals surface area contributed by atoms with E-state index in [0.717, 1.165) is 5.69 Å². The van der Waals surface area contributed by atoms with Crippen molar-refractivity contribution in [2.75, 3.05) is 13.2 Å². The van der Waals surface area contributed by atoms with Crippen molar-refractivity contribution >= 4 is 34.9 Å². The lowest BCUT2D eigenvalue weighted by Crippen LogP contribution is -2.32. The van der Waals surface area contributed by atoms with Crippen LogP contribution in [-0.4, -0.2) is 44.3 Å². The Bertz CT molecular complexity index is 1090. The molecule has 2 aromatic heterocycles. The van der Waals surface area contributed by atoms with Crippen molar-refractivity contribution in [1.29, 1.82) is 0 Å². The highest BCUT2D eigenvalue weighted by Gasteiger charge is 2.41. The molecule has 3 N–H and O–H groups in total. The van der Waals surface area contributed by atoms with E-state index in [4.69, 9.17) is 28.2 Å². The van der Waals surface area contributed by atoms with Crippen molar-refractivity contribution in [3.63, 3.8) is 0 Å². The SMILES string of the molecule is O=C(O)c1ccc(Cl)c(-c2ccc([C@@H]3[C@@H](c4ccccn4)NC(=S)N3CCO)o2)c1. The number of aromatic nitrogens is 1. The first-order chi connectivity index (χ1) is 14.5. The van der Waals surface area contributed by atoms with Gasteiger partial charge in [-0.15, -0.1) is 0 Å². The average Bonchev–Trinajstić information content (AvgIpc) is 3.34. The van der Waals surface area contributed by atoms with Gasteiger partial charge in [-0.3, -0.25) is 4.98 Å². The van der Waals surface area contributed by atoms with Crippen LogP contribution >= 0.6 is 23.8 Å². The number of carbonyl (C=O) groups is 1. The van der Waals surface area contributed by atoms with Crippen molar-refractivity contribution in [3.8, 4) is 11.3 Å². The first-order valence-corrected chi connectivity index (χ1v) is 10.00. The van der Waals surface area contributed by atoms with Crippen molar-refractivity contribution in [2.45, 2.75) is 12.1 Å². The van der Waals surface area contributed by atoms with Gasteiger partial charge in [0.1, 0.15) is 17.6 Å². The van der Waals surface area contributed by atoms with E-state index in [1.54, 1.807) is 18.3 Å². The third-order valence-corrected chi connectivity index (χ3v) is 5.62. The molecule has 0 bridgehead atoms. The molecule has 1 fully saturated rings. The van der Waals surface area contributed by atoms with Gasteiger partial charge in [-0.25, -0.2) is 4.79 Å². The van der Waals surface area contributed by atoms with Gasteiger partial charge in [0, 0.05) is 18.3 Å². The van der Waals surface area contributed by atoms with Crippen molar-refractivity contribution < 1.29 is 19.4 Å². The fraction of sp³-hybridized carbons (Fsp3) is 0.190. The molecule has 0 aliphatic carbocycles. The van der Waals surface area contributed by atoms with Crippen LogP contribution in [0.3, 0.4) is 0 Å². The summed E-state index contributed by atoms with van der Waals surface area (Å²) in [6, 6.07) is 13.0. The first-order valence-electron chi connectivity index (χ1n) is 9.21. The minimum absolute atomic E-state index is 0.0761. The third-order valence-electron chi connectivity index (χ3n) is 4.94. The number of pyridine rings is 1. The fourth-order valence-electron chi connectivity index (χ4n) is 3.57. The number of β-amino-alcohol motifs (C(OH)–C–C–N with tert-alkyl or cyclic N) is 1. The van der Waals surface area contributed by atoms with Gasteiger partial charge >= 0.3 is 5.97 Å². The zero-order valence-electron chi connectivity index (χ0n) is 15.7. The Balaban J connectivity index is 1.75. The van der Waals surface area contributed by atoms with Crippen LogP contribution in [0.15, 0.2) is 59.1 Å². The summed E-state index contributed by atoms with van der Waals surface area (Å²) >= 11 is 11.8. The number of hydrogen-bond donors (Lipinski definition) is 3. The minimum atomic E-state index is -1.05. The molecule has 0 saturated carbocycles. The lowest BCUT2D eigenvalue weighted by molar-refractivity contribution is 0.0697. The van der Waals surface area contributed by atoms with Gasteiger partial charge < -0.3 is 24.8 Å². The van der Waals surface area contributed by atoms with Gasteiger partial charge in [0.05, 0.1) is 28.9 Å².